The number of carbonyl (C=O) groups is 1. The number of amides is 1. The van der Waals surface area contributed by atoms with Crippen molar-refractivity contribution in [1.29, 1.82) is 0 Å². The number of para-hydroxylation sites is 1. The number of carbonyl (C=O) groups excluding carboxylic acids is 1. The summed E-state index contributed by atoms with van der Waals surface area (Å²) >= 11 is 0. The van der Waals surface area contributed by atoms with Gasteiger partial charge < -0.3 is 10.2 Å². The second-order valence-electron chi connectivity index (χ2n) is 6.37. The van der Waals surface area contributed by atoms with Crippen molar-refractivity contribution in [1.82, 2.24) is 4.90 Å². The molecular formula is C22H20N2O. The molecular weight excluding hydrogens is 308 g/mol. The molecule has 25 heavy (non-hydrogen) atoms. The summed E-state index contributed by atoms with van der Waals surface area (Å²) in [7, 11) is 0. The van der Waals surface area contributed by atoms with Crippen LogP contribution in [0.15, 0.2) is 78.9 Å². The average molecular weight is 328 g/mol. The van der Waals surface area contributed by atoms with Gasteiger partial charge in [0.15, 0.2) is 0 Å². The fourth-order valence-electron chi connectivity index (χ4n) is 3.35. The number of fused-ring (bicyclic) bond motifs is 1. The summed E-state index contributed by atoms with van der Waals surface area (Å²) in [5.41, 5.74) is 5.16. The first kappa shape index (κ1) is 15.5. The molecule has 3 aromatic carbocycles. The van der Waals surface area contributed by atoms with Crippen LogP contribution < -0.4 is 5.32 Å². The van der Waals surface area contributed by atoms with Crippen molar-refractivity contribution in [2.24, 2.45) is 0 Å². The molecule has 1 aliphatic rings. The Hall–Kier alpha value is -3.07. The SMILES string of the molecule is Cc1ccccc1N[C@@H]1c2ccccc2C(=O)N1Cc1ccccc1. The van der Waals surface area contributed by atoms with E-state index in [2.05, 4.69) is 36.5 Å². The molecule has 0 spiro atoms. The van der Waals surface area contributed by atoms with Crippen LogP contribution in [-0.2, 0) is 6.54 Å². The second-order valence-corrected chi connectivity index (χ2v) is 6.37. The number of nitrogens with one attached hydrogen (secondary N) is 1. The molecule has 0 fully saturated rings. The van der Waals surface area contributed by atoms with Gasteiger partial charge in [-0.1, -0.05) is 66.7 Å². The summed E-state index contributed by atoms with van der Waals surface area (Å²) in [5, 5.41) is 3.57. The summed E-state index contributed by atoms with van der Waals surface area (Å²) < 4.78 is 0. The molecule has 1 amide bonds. The molecule has 0 bridgehead atoms. The molecule has 4 rings (SSSR count). The van der Waals surface area contributed by atoms with E-state index in [0.29, 0.717) is 6.54 Å². The molecule has 1 atom stereocenters. The van der Waals surface area contributed by atoms with Crippen molar-refractivity contribution >= 4 is 11.6 Å². The zero-order valence-corrected chi connectivity index (χ0v) is 14.1. The monoisotopic (exact) mass is 328 g/mol. The van der Waals surface area contributed by atoms with Gasteiger partial charge in [0, 0.05) is 23.4 Å². The Kier molecular flexibility index (Phi) is 3.98. The minimum atomic E-state index is -0.162. The highest BCUT2D eigenvalue weighted by Gasteiger charge is 2.36. The van der Waals surface area contributed by atoms with Gasteiger partial charge in [-0.05, 0) is 30.2 Å². The van der Waals surface area contributed by atoms with E-state index in [-0.39, 0.29) is 12.1 Å². The number of anilines is 1. The molecule has 0 unspecified atom stereocenters. The molecule has 0 saturated heterocycles. The number of benzene rings is 3. The Labute approximate surface area is 147 Å². The van der Waals surface area contributed by atoms with Crippen LogP contribution in [0.25, 0.3) is 0 Å². The third-order valence-electron chi connectivity index (χ3n) is 4.69. The van der Waals surface area contributed by atoms with Gasteiger partial charge in [0.2, 0.25) is 0 Å². The number of aryl methyl sites for hydroxylation is 1. The van der Waals surface area contributed by atoms with Crippen LogP contribution in [0.1, 0.15) is 33.2 Å². The maximum Gasteiger partial charge on any atom is 0.256 e. The Balaban J connectivity index is 1.71. The molecule has 0 aromatic heterocycles. The highest BCUT2D eigenvalue weighted by atomic mass is 16.2. The Morgan fingerprint density at radius 2 is 1.56 bits per heavy atom. The highest BCUT2D eigenvalue weighted by Crippen LogP contribution is 2.36. The van der Waals surface area contributed by atoms with E-state index in [1.54, 1.807) is 0 Å². The van der Waals surface area contributed by atoms with Crippen molar-refractivity contribution in [3.63, 3.8) is 0 Å². The van der Waals surface area contributed by atoms with Crippen molar-refractivity contribution in [3.8, 4) is 0 Å². The number of hydrogen-bond donors (Lipinski definition) is 1. The van der Waals surface area contributed by atoms with Gasteiger partial charge in [-0.15, -0.1) is 0 Å². The van der Waals surface area contributed by atoms with E-state index in [0.717, 1.165) is 22.4 Å². The molecule has 0 radical (unpaired) electrons. The lowest BCUT2D eigenvalue weighted by Gasteiger charge is -2.28. The zero-order chi connectivity index (χ0) is 17.2. The fraction of sp³-hybridized carbons (Fsp3) is 0.136. The Bertz CT molecular complexity index is 905. The lowest BCUT2D eigenvalue weighted by atomic mass is 10.1. The molecule has 0 saturated carbocycles. The van der Waals surface area contributed by atoms with E-state index in [9.17, 15) is 4.79 Å². The van der Waals surface area contributed by atoms with E-state index < -0.39 is 0 Å². The molecule has 124 valence electrons. The summed E-state index contributed by atoms with van der Waals surface area (Å²) in [5.74, 6) is 0.0746. The highest BCUT2D eigenvalue weighted by molar-refractivity contribution is 5.99. The van der Waals surface area contributed by atoms with Crippen LogP contribution in [0.5, 0.6) is 0 Å². The van der Waals surface area contributed by atoms with E-state index in [1.165, 1.54) is 5.56 Å². The molecule has 1 N–H and O–H groups in total. The minimum Gasteiger partial charge on any atom is -0.361 e. The van der Waals surface area contributed by atoms with Crippen LogP contribution in [0.4, 0.5) is 5.69 Å². The van der Waals surface area contributed by atoms with Gasteiger partial charge in [0.25, 0.3) is 5.91 Å². The van der Waals surface area contributed by atoms with Crippen molar-refractivity contribution in [2.75, 3.05) is 5.32 Å². The summed E-state index contributed by atoms with van der Waals surface area (Å²) in [6, 6.07) is 26.2. The zero-order valence-electron chi connectivity index (χ0n) is 14.1. The van der Waals surface area contributed by atoms with Crippen LogP contribution in [0, 0.1) is 6.92 Å². The first-order chi connectivity index (χ1) is 12.2. The third-order valence-corrected chi connectivity index (χ3v) is 4.69. The van der Waals surface area contributed by atoms with E-state index in [1.807, 2.05) is 59.5 Å². The largest absolute Gasteiger partial charge is 0.361 e. The average Bonchev–Trinajstić information content (AvgIpc) is 2.91. The molecule has 3 nitrogen and oxygen atoms in total. The maximum absolute atomic E-state index is 13.0. The summed E-state index contributed by atoms with van der Waals surface area (Å²) in [6.45, 7) is 2.66. The lowest BCUT2D eigenvalue weighted by Crippen LogP contribution is -2.32. The standard InChI is InChI=1S/C22H20N2O/c1-16-9-5-8-14-20(16)23-21-18-12-6-7-13-19(18)22(25)24(21)15-17-10-3-2-4-11-17/h2-14,21,23H,15H2,1H3/t21-/m0/s1. The van der Waals surface area contributed by atoms with E-state index in [4.69, 9.17) is 0 Å². The van der Waals surface area contributed by atoms with Gasteiger partial charge in [-0.3, -0.25) is 4.79 Å². The van der Waals surface area contributed by atoms with Gasteiger partial charge >= 0.3 is 0 Å². The van der Waals surface area contributed by atoms with Crippen LogP contribution in [0.2, 0.25) is 0 Å². The van der Waals surface area contributed by atoms with Crippen LogP contribution >= 0.6 is 0 Å². The fourth-order valence-corrected chi connectivity index (χ4v) is 3.35. The molecule has 0 aliphatic carbocycles. The number of nitrogens with zero attached hydrogens (tertiary/aromatic N) is 1. The second kappa shape index (κ2) is 6.44. The first-order valence-corrected chi connectivity index (χ1v) is 8.50. The topological polar surface area (TPSA) is 32.3 Å². The number of hydrogen-bond acceptors (Lipinski definition) is 2. The van der Waals surface area contributed by atoms with Crippen molar-refractivity contribution in [3.05, 3.63) is 101 Å². The van der Waals surface area contributed by atoms with Gasteiger partial charge in [0.1, 0.15) is 6.17 Å². The maximum atomic E-state index is 13.0. The molecule has 1 aliphatic heterocycles. The van der Waals surface area contributed by atoms with E-state index >= 15 is 0 Å². The predicted molar refractivity (Wildman–Crippen MR) is 100 cm³/mol. The third kappa shape index (κ3) is 2.89. The van der Waals surface area contributed by atoms with Crippen molar-refractivity contribution < 1.29 is 4.79 Å². The minimum absolute atomic E-state index is 0.0746. The van der Waals surface area contributed by atoms with Crippen LogP contribution in [0.3, 0.4) is 0 Å². The first-order valence-electron chi connectivity index (χ1n) is 8.50. The normalized spacial score (nSPS) is 16.0. The molecule has 3 aromatic rings. The van der Waals surface area contributed by atoms with Gasteiger partial charge in [-0.25, -0.2) is 0 Å². The van der Waals surface area contributed by atoms with Crippen molar-refractivity contribution in [2.45, 2.75) is 19.6 Å². The smallest absolute Gasteiger partial charge is 0.256 e. The Morgan fingerprint density at radius 1 is 0.880 bits per heavy atom. The predicted octanol–water partition coefficient (Wildman–Crippen LogP) is 4.76. The van der Waals surface area contributed by atoms with Gasteiger partial charge in [0.05, 0.1) is 0 Å². The molecule has 1 heterocycles. The van der Waals surface area contributed by atoms with Crippen LogP contribution in [-0.4, -0.2) is 10.8 Å². The summed E-state index contributed by atoms with van der Waals surface area (Å²) in [6.07, 6.45) is -0.162. The molecule has 3 heteroatoms. The number of rotatable bonds is 4. The quantitative estimate of drug-likeness (QED) is 0.749. The lowest BCUT2D eigenvalue weighted by molar-refractivity contribution is 0.0728. The van der Waals surface area contributed by atoms with Gasteiger partial charge in [-0.2, -0.15) is 0 Å². The summed E-state index contributed by atoms with van der Waals surface area (Å²) in [4.78, 5) is 14.9. The Morgan fingerprint density at radius 3 is 2.36 bits per heavy atom.